The minimum absolute atomic E-state index is 0. The predicted octanol–water partition coefficient (Wildman–Crippen LogP) is 1.24. The van der Waals surface area contributed by atoms with E-state index in [1.165, 1.54) is 12.1 Å². The van der Waals surface area contributed by atoms with Gasteiger partial charge in [-0.3, -0.25) is 4.79 Å². The molecular weight excluding hydrogens is 312 g/mol. The molecule has 1 aliphatic rings. The summed E-state index contributed by atoms with van der Waals surface area (Å²) >= 11 is 0. The van der Waals surface area contributed by atoms with Gasteiger partial charge in [-0.05, 0) is 49.7 Å². The van der Waals surface area contributed by atoms with E-state index < -0.39 is 9.84 Å². The Balaban J connectivity index is 0.00000220. The lowest BCUT2D eigenvalue weighted by molar-refractivity contribution is 0.0914. The van der Waals surface area contributed by atoms with Crippen LogP contribution in [-0.2, 0) is 9.84 Å². The second-order valence-electron chi connectivity index (χ2n) is 5.35. The number of rotatable bonds is 3. The fourth-order valence-corrected chi connectivity index (χ4v) is 2.96. The first kappa shape index (κ1) is 17.9. The largest absolute Gasteiger partial charge is 0.349 e. The summed E-state index contributed by atoms with van der Waals surface area (Å²) in [7, 11) is -3.22. The van der Waals surface area contributed by atoms with E-state index in [1.54, 1.807) is 12.1 Å². The van der Waals surface area contributed by atoms with Gasteiger partial charge in [0, 0.05) is 17.9 Å². The molecule has 2 N–H and O–H groups in total. The van der Waals surface area contributed by atoms with Gasteiger partial charge in [-0.25, -0.2) is 8.42 Å². The number of carbonyl (C=O) groups is 1. The number of hydrogen-bond donors (Lipinski definition) is 2. The molecule has 1 amide bonds. The number of carbonyl (C=O) groups excluding carboxylic acids is 1. The van der Waals surface area contributed by atoms with E-state index in [1.807, 2.05) is 0 Å². The highest BCUT2D eigenvalue weighted by atomic mass is 35.5. The third-order valence-electron chi connectivity index (χ3n) is 3.65. The standard InChI is InChI=1S/C14H20N2O3S.ClH/c1-10-9-15-8-7-13(10)16-14(17)11-3-5-12(6-4-11)20(2,18)19;/h3-6,10,13,15H,7-9H2,1-2H3,(H,16,17);1H. The fraction of sp³-hybridized carbons (Fsp3) is 0.500. The first-order valence-corrected chi connectivity index (χ1v) is 8.59. The van der Waals surface area contributed by atoms with Gasteiger partial charge in [-0.2, -0.15) is 0 Å². The molecule has 0 bridgehead atoms. The molecule has 1 aliphatic heterocycles. The molecule has 21 heavy (non-hydrogen) atoms. The molecule has 0 radical (unpaired) electrons. The van der Waals surface area contributed by atoms with Gasteiger partial charge in [0.2, 0.25) is 0 Å². The minimum Gasteiger partial charge on any atom is -0.349 e. The van der Waals surface area contributed by atoms with Crippen LogP contribution >= 0.6 is 12.4 Å². The molecule has 0 spiro atoms. The molecule has 1 aromatic carbocycles. The summed E-state index contributed by atoms with van der Waals surface area (Å²) in [4.78, 5) is 12.4. The van der Waals surface area contributed by atoms with Crippen molar-refractivity contribution in [3.63, 3.8) is 0 Å². The van der Waals surface area contributed by atoms with Gasteiger partial charge in [0.25, 0.3) is 5.91 Å². The molecule has 5 nitrogen and oxygen atoms in total. The number of halogens is 1. The fourth-order valence-electron chi connectivity index (χ4n) is 2.33. The lowest BCUT2D eigenvalue weighted by Gasteiger charge is -2.30. The van der Waals surface area contributed by atoms with Crippen LogP contribution in [0.15, 0.2) is 29.2 Å². The molecule has 118 valence electrons. The monoisotopic (exact) mass is 332 g/mol. The summed E-state index contributed by atoms with van der Waals surface area (Å²) in [6.45, 7) is 3.91. The van der Waals surface area contributed by atoms with E-state index in [-0.39, 0.29) is 29.3 Å². The quantitative estimate of drug-likeness (QED) is 0.873. The lowest BCUT2D eigenvalue weighted by atomic mass is 9.95. The van der Waals surface area contributed by atoms with Crippen LogP contribution in [-0.4, -0.2) is 39.7 Å². The molecule has 2 rings (SSSR count). The number of hydrogen-bond acceptors (Lipinski definition) is 4. The van der Waals surface area contributed by atoms with Gasteiger partial charge in [-0.1, -0.05) is 6.92 Å². The maximum atomic E-state index is 12.1. The Bertz CT molecular complexity index is 587. The molecule has 1 aromatic rings. The Kier molecular flexibility index (Phi) is 6.19. The van der Waals surface area contributed by atoms with Gasteiger partial charge in [0.1, 0.15) is 0 Å². The number of sulfone groups is 1. The van der Waals surface area contributed by atoms with Crippen LogP contribution in [0.5, 0.6) is 0 Å². The zero-order valence-electron chi connectivity index (χ0n) is 12.1. The van der Waals surface area contributed by atoms with E-state index in [9.17, 15) is 13.2 Å². The van der Waals surface area contributed by atoms with Crippen molar-refractivity contribution in [2.24, 2.45) is 5.92 Å². The van der Waals surface area contributed by atoms with Crippen LogP contribution < -0.4 is 10.6 Å². The summed E-state index contributed by atoms with van der Waals surface area (Å²) in [5.41, 5.74) is 0.489. The van der Waals surface area contributed by atoms with Crippen molar-refractivity contribution in [1.29, 1.82) is 0 Å². The average molecular weight is 333 g/mol. The van der Waals surface area contributed by atoms with Crippen molar-refractivity contribution in [1.82, 2.24) is 10.6 Å². The molecule has 0 aromatic heterocycles. The normalized spacial score (nSPS) is 22.2. The van der Waals surface area contributed by atoms with Gasteiger partial charge in [0.15, 0.2) is 9.84 Å². The summed E-state index contributed by atoms with van der Waals surface area (Å²) in [5, 5.41) is 6.30. The maximum absolute atomic E-state index is 12.1. The third-order valence-corrected chi connectivity index (χ3v) is 4.77. The summed E-state index contributed by atoms with van der Waals surface area (Å²) in [6.07, 6.45) is 2.06. The zero-order chi connectivity index (χ0) is 14.8. The molecule has 1 heterocycles. The van der Waals surface area contributed by atoms with Crippen LogP contribution in [0.2, 0.25) is 0 Å². The van der Waals surface area contributed by atoms with Crippen molar-refractivity contribution in [2.45, 2.75) is 24.3 Å². The molecular formula is C14H21ClN2O3S. The van der Waals surface area contributed by atoms with Crippen LogP contribution in [0.3, 0.4) is 0 Å². The topological polar surface area (TPSA) is 75.3 Å². The smallest absolute Gasteiger partial charge is 0.251 e. The molecule has 7 heteroatoms. The average Bonchev–Trinajstić information content (AvgIpc) is 2.40. The van der Waals surface area contributed by atoms with Crippen molar-refractivity contribution in [3.8, 4) is 0 Å². The molecule has 0 aliphatic carbocycles. The Morgan fingerprint density at radius 1 is 1.29 bits per heavy atom. The van der Waals surface area contributed by atoms with Crippen LogP contribution in [0.4, 0.5) is 0 Å². The molecule has 0 saturated carbocycles. The SMILES string of the molecule is CC1CNCCC1NC(=O)c1ccc(S(C)(=O)=O)cc1.Cl. The summed E-state index contributed by atoms with van der Waals surface area (Å²) in [5.74, 6) is 0.242. The van der Waals surface area contributed by atoms with Crippen molar-refractivity contribution < 1.29 is 13.2 Å². The van der Waals surface area contributed by atoms with Gasteiger partial charge in [-0.15, -0.1) is 12.4 Å². The highest BCUT2D eigenvalue weighted by molar-refractivity contribution is 7.90. The highest BCUT2D eigenvalue weighted by Crippen LogP contribution is 2.13. The van der Waals surface area contributed by atoms with E-state index in [0.717, 1.165) is 25.8 Å². The van der Waals surface area contributed by atoms with Gasteiger partial charge < -0.3 is 10.6 Å². The number of nitrogens with one attached hydrogen (secondary N) is 2. The zero-order valence-corrected chi connectivity index (χ0v) is 13.8. The lowest BCUT2D eigenvalue weighted by Crippen LogP contribution is -2.48. The Morgan fingerprint density at radius 3 is 2.43 bits per heavy atom. The molecule has 1 saturated heterocycles. The number of piperidine rings is 1. The third kappa shape index (κ3) is 4.69. The predicted molar refractivity (Wildman–Crippen MR) is 84.7 cm³/mol. The minimum atomic E-state index is -3.22. The Hall–Kier alpha value is -1.11. The molecule has 2 unspecified atom stereocenters. The first-order chi connectivity index (χ1) is 9.38. The van der Waals surface area contributed by atoms with Gasteiger partial charge >= 0.3 is 0 Å². The Labute approximate surface area is 131 Å². The maximum Gasteiger partial charge on any atom is 0.251 e. The first-order valence-electron chi connectivity index (χ1n) is 6.69. The number of benzene rings is 1. The second kappa shape index (κ2) is 7.24. The van der Waals surface area contributed by atoms with E-state index in [2.05, 4.69) is 17.6 Å². The number of amides is 1. The van der Waals surface area contributed by atoms with E-state index in [0.29, 0.717) is 11.5 Å². The molecule has 1 fully saturated rings. The Morgan fingerprint density at radius 2 is 1.90 bits per heavy atom. The van der Waals surface area contributed by atoms with Crippen molar-refractivity contribution >= 4 is 28.2 Å². The summed E-state index contributed by atoms with van der Waals surface area (Å²) < 4.78 is 22.7. The van der Waals surface area contributed by atoms with Crippen LogP contribution in [0, 0.1) is 5.92 Å². The van der Waals surface area contributed by atoms with Crippen LogP contribution in [0.1, 0.15) is 23.7 Å². The highest BCUT2D eigenvalue weighted by Gasteiger charge is 2.23. The van der Waals surface area contributed by atoms with Crippen LogP contribution in [0.25, 0.3) is 0 Å². The van der Waals surface area contributed by atoms with Crippen molar-refractivity contribution in [3.05, 3.63) is 29.8 Å². The second-order valence-corrected chi connectivity index (χ2v) is 7.36. The van der Waals surface area contributed by atoms with E-state index in [4.69, 9.17) is 0 Å². The molecule has 2 atom stereocenters. The summed E-state index contributed by atoms with van der Waals surface area (Å²) in [6, 6.07) is 6.21. The van der Waals surface area contributed by atoms with Gasteiger partial charge in [0.05, 0.1) is 4.90 Å². The van der Waals surface area contributed by atoms with Crippen molar-refractivity contribution in [2.75, 3.05) is 19.3 Å². The van der Waals surface area contributed by atoms with E-state index >= 15 is 0 Å².